The van der Waals surface area contributed by atoms with Crippen LogP contribution in [0.15, 0.2) is 82.8 Å². The minimum absolute atomic E-state index is 0.0438. The number of nitrogens with zero attached hydrogens (tertiary/aromatic N) is 3. The van der Waals surface area contributed by atoms with E-state index in [0.29, 0.717) is 10.8 Å². The molecule has 0 aliphatic heterocycles. The lowest BCUT2D eigenvalue weighted by Crippen LogP contribution is -2.21. The molecule has 0 spiro atoms. The van der Waals surface area contributed by atoms with Crippen molar-refractivity contribution in [2.75, 3.05) is 0 Å². The van der Waals surface area contributed by atoms with E-state index < -0.39 is 11.5 Å². The summed E-state index contributed by atoms with van der Waals surface area (Å²) in [5.41, 5.74) is 2.38. The van der Waals surface area contributed by atoms with E-state index in [4.69, 9.17) is 0 Å². The number of hydrogen-bond donors (Lipinski definition) is 3. The van der Waals surface area contributed by atoms with Crippen LogP contribution in [0.25, 0.3) is 16.6 Å². The fourth-order valence-electron chi connectivity index (χ4n) is 3.06. The summed E-state index contributed by atoms with van der Waals surface area (Å²) in [5, 5.41) is 25.1. The van der Waals surface area contributed by atoms with E-state index in [9.17, 15) is 19.8 Å². The number of nitrogens with one attached hydrogen (secondary N) is 1. The number of phenolic OH excluding ortho intramolecular Hbond substituents is 1. The van der Waals surface area contributed by atoms with Gasteiger partial charge in [-0.25, -0.2) is 15.0 Å². The number of hydrazone groups is 1. The molecule has 8 heteroatoms. The summed E-state index contributed by atoms with van der Waals surface area (Å²) in [7, 11) is 0. The van der Waals surface area contributed by atoms with Gasteiger partial charge in [0.05, 0.1) is 11.8 Å². The Bertz CT molecular complexity index is 1330. The highest BCUT2D eigenvalue weighted by Crippen LogP contribution is 2.25. The highest BCUT2D eigenvalue weighted by molar-refractivity contribution is 6.02. The second-order valence-electron chi connectivity index (χ2n) is 6.36. The van der Waals surface area contributed by atoms with Crippen LogP contribution in [0.4, 0.5) is 0 Å². The molecule has 2 aromatic carbocycles. The number of carbonyl (C=O) groups is 1. The first-order valence-corrected chi connectivity index (χ1v) is 8.97. The smallest absolute Gasteiger partial charge is 0.271 e. The van der Waals surface area contributed by atoms with Crippen molar-refractivity contribution in [2.45, 2.75) is 0 Å². The molecule has 0 bridgehead atoms. The largest absolute Gasteiger partial charge is 0.508 e. The van der Waals surface area contributed by atoms with Gasteiger partial charge >= 0.3 is 0 Å². The van der Waals surface area contributed by atoms with Crippen molar-refractivity contribution >= 4 is 22.9 Å². The summed E-state index contributed by atoms with van der Waals surface area (Å²) in [5.74, 6) is -0.682. The molecular formula is C22H16N4O4. The number of rotatable bonds is 4. The molecule has 2 heterocycles. The average Bonchev–Trinajstić information content (AvgIpc) is 2.77. The van der Waals surface area contributed by atoms with Crippen molar-refractivity contribution in [1.29, 1.82) is 0 Å². The van der Waals surface area contributed by atoms with E-state index in [1.807, 2.05) is 0 Å². The number of pyridine rings is 2. The number of phenols is 1. The summed E-state index contributed by atoms with van der Waals surface area (Å²) >= 11 is 0. The minimum Gasteiger partial charge on any atom is -0.508 e. The molecule has 1 amide bonds. The van der Waals surface area contributed by atoms with Gasteiger partial charge in [0.25, 0.3) is 11.5 Å². The van der Waals surface area contributed by atoms with Crippen LogP contribution in [0.1, 0.15) is 15.9 Å². The molecule has 0 aliphatic carbocycles. The van der Waals surface area contributed by atoms with E-state index in [2.05, 4.69) is 15.5 Å². The van der Waals surface area contributed by atoms with E-state index >= 15 is 0 Å². The Hall–Kier alpha value is -4.46. The zero-order valence-electron chi connectivity index (χ0n) is 15.6. The van der Waals surface area contributed by atoms with E-state index in [1.165, 1.54) is 36.7 Å². The van der Waals surface area contributed by atoms with Gasteiger partial charge in [-0.3, -0.25) is 9.59 Å². The Morgan fingerprint density at radius 2 is 1.77 bits per heavy atom. The zero-order valence-corrected chi connectivity index (χ0v) is 15.6. The Kier molecular flexibility index (Phi) is 4.96. The first kappa shape index (κ1) is 18.9. The second kappa shape index (κ2) is 7.88. The van der Waals surface area contributed by atoms with Crippen molar-refractivity contribution in [3.63, 3.8) is 0 Å². The molecule has 0 aliphatic rings. The summed E-state index contributed by atoms with van der Waals surface area (Å²) in [4.78, 5) is 29.3. The summed E-state index contributed by atoms with van der Waals surface area (Å²) < 4.78 is 1.08. The van der Waals surface area contributed by atoms with Gasteiger partial charge in [-0.2, -0.15) is 5.10 Å². The average molecular weight is 400 g/mol. The van der Waals surface area contributed by atoms with Gasteiger partial charge < -0.3 is 10.2 Å². The fraction of sp³-hybridized carbons (Fsp3) is 0. The molecule has 4 aromatic rings. The van der Waals surface area contributed by atoms with Crippen LogP contribution < -0.4 is 11.0 Å². The Labute approximate surface area is 170 Å². The number of fused-ring (bicyclic) bond motifs is 1. The molecule has 30 heavy (non-hydrogen) atoms. The van der Waals surface area contributed by atoms with Crippen molar-refractivity contribution in [1.82, 2.24) is 15.0 Å². The molecule has 0 unspecified atom stereocenters. The lowest BCUT2D eigenvalue weighted by molar-refractivity contribution is 0.0954. The van der Waals surface area contributed by atoms with Crippen molar-refractivity contribution < 1.29 is 15.0 Å². The first-order chi connectivity index (χ1) is 14.6. The van der Waals surface area contributed by atoms with E-state index in [1.54, 1.807) is 42.5 Å². The number of hydrogen-bond acceptors (Lipinski definition) is 6. The molecular weight excluding hydrogens is 384 g/mol. The molecule has 2 aromatic heterocycles. The quantitative estimate of drug-likeness (QED) is 0.360. The van der Waals surface area contributed by atoms with Crippen LogP contribution in [0.2, 0.25) is 0 Å². The van der Waals surface area contributed by atoms with Gasteiger partial charge in [0.2, 0.25) is 5.88 Å². The maximum atomic E-state index is 12.9. The van der Waals surface area contributed by atoms with Crippen LogP contribution in [-0.2, 0) is 0 Å². The van der Waals surface area contributed by atoms with Crippen molar-refractivity contribution in [2.24, 2.45) is 5.10 Å². The Morgan fingerprint density at radius 1 is 1.00 bits per heavy atom. The standard InChI is InChI=1S/C22H16N4O4/c27-15-7-5-6-14(12-15)20(28)25-24-13-18-16-8-1-2-9-17(16)21(29)26(22(18)30)19-10-3-4-11-23-19/h1-13,27,30H,(H,25,28)/b24-13+. The van der Waals surface area contributed by atoms with Gasteiger partial charge in [-0.1, -0.05) is 30.3 Å². The molecule has 8 nitrogen and oxygen atoms in total. The topological polar surface area (TPSA) is 117 Å². The highest BCUT2D eigenvalue weighted by atomic mass is 16.3. The second-order valence-corrected chi connectivity index (χ2v) is 6.36. The normalized spacial score (nSPS) is 11.1. The first-order valence-electron chi connectivity index (χ1n) is 8.97. The fourth-order valence-corrected chi connectivity index (χ4v) is 3.06. The predicted octanol–water partition coefficient (Wildman–Crippen LogP) is 2.56. The number of benzene rings is 2. The molecule has 0 radical (unpaired) electrons. The zero-order chi connectivity index (χ0) is 21.1. The molecule has 0 atom stereocenters. The SMILES string of the molecule is O=C(N/N=C/c1c(O)n(-c2ccccn2)c(=O)c2ccccc12)c1cccc(O)c1. The third-order valence-corrected chi connectivity index (χ3v) is 4.45. The van der Waals surface area contributed by atoms with E-state index in [0.717, 1.165) is 4.57 Å². The summed E-state index contributed by atoms with van der Waals surface area (Å²) in [6, 6.07) is 17.6. The van der Waals surface area contributed by atoms with Crippen LogP contribution >= 0.6 is 0 Å². The number of aromatic nitrogens is 2. The molecule has 0 saturated carbocycles. The van der Waals surface area contributed by atoms with Crippen molar-refractivity contribution in [3.8, 4) is 17.4 Å². The lowest BCUT2D eigenvalue weighted by atomic mass is 10.1. The third-order valence-electron chi connectivity index (χ3n) is 4.45. The van der Waals surface area contributed by atoms with Gasteiger partial charge in [-0.15, -0.1) is 0 Å². The highest BCUT2D eigenvalue weighted by Gasteiger charge is 2.17. The van der Waals surface area contributed by atoms with Crippen LogP contribution in [-0.4, -0.2) is 31.9 Å². The predicted molar refractivity (Wildman–Crippen MR) is 112 cm³/mol. The van der Waals surface area contributed by atoms with Gasteiger partial charge in [-0.05, 0) is 36.4 Å². The molecule has 0 fully saturated rings. The number of amides is 1. The minimum atomic E-state index is -0.538. The Morgan fingerprint density at radius 3 is 2.50 bits per heavy atom. The van der Waals surface area contributed by atoms with E-state index in [-0.39, 0.29) is 28.6 Å². The number of aromatic hydroxyl groups is 2. The van der Waals surface area contributed by atoms with Crippen molar-refractivity contribution in [3.05, 3.63) is 94.4 Å². The maximum absolute atomic E-state index is 12.9. The number of carbonyl (C=O) groups excluding carboxylic acids is 1. The molecule has 148 valence electrons. The third kappa shape index (κ3) is 3.49. The summed E-state index contributed by atoms with van der Waals surface area (Å²) in [6.07, 6.45) is 2.77. The van der Waals surface area contributed by atoms with Crippen LogP contribution in [0, 0.1) is 0 Å². The lowest BCUT2D eigenvalue weighted by Gasteiger charge is -2.12. The van der Waals surface area contributed by atoms with Gasteiger partial charge in [0.15, 0.2) is 0 Å². The monoisotopic (exact) mass is 400 g/mol. The maximum Gasteiger partial charge on any atom is 0.271 e. The van der Waals surface area contributed by atoms with Gasteiger partial charge in [0, 0.05) is 22.5 Å². The molecule has 4 rings (SSSR count). The molecule has 3 N–H and O–H groups in total. The summed E-state index contributed by atoms with van der Waals surface area (Å²) in [6.45, 7) is 0. The van der Waals surface area contributed by atoms with Crippen LogP contribution in [0.5, 0.6) is 11.6 Å². The van der Waals surface area contributed by atoms with Gasteiger partial charge in [0.1, 0.15) is 11.6 Å². The molecule has 0 saturated heterocycles. The van der Waals surface area contributed by atoms with Crippen LogP contribution in [0.3, 0.4) is 0 Å². The Balaban J connectivity index is 1.78.